The van der Waals surface area contributed by atoms with Crippen LogP contribution in [0.15, 0.2) is 72.8 Å². The summed E-state index contributed by atoms with van der Waals surface area (Å²) in [7, 11) is 0. The van der Waals surface area contributed by atoms with E-state index in [4.69, 9.17) is 0 Å². The summed E-state index contributed by atoms with van der Waals surface area (Å²) in [4.78, 5) is 0. The average Bonchev–Trinajstić information content (AvgIpc) is 3.06. The third-order valence-corrected chi connectivity index (χ3v) is 5.59. The van der Waals surface area contributed by atoms with Gasteiger partial charge in [-0.05, 0) is 53.6 Å². The Balaban J connectivity index is 2.14. The van der Waals surface area contributed by atoms with E-state index < -0.39 is 0 Å². The van der Waals surface area contributed by atoms with Crippen LogP contribution in [-0.4, -0.2) is 4.57 Å². The normalized spacial score (nSPS) is 11.7. The van der Waals surface area contributed by atoms with Gasteiger partial charge in [-0.15, -0.1) is 0 Å². The minimum Gasteiger partial charge on any atom is -0.309 e. The first-order chi connectivity index (χ1) is 13.5. The summed E-state index contributed by atoms with van der Waals surface area (Å²) in [5.74, 6) is 0.917. The van der Waals surface area contributed by atoms with Crippen LogP contribution < -0.4 is 0 Å². The smallest absolute Gasteiger partial charge is 0.0541 e. The fourth-order valence-corrected chi connectivity index (χ4v) is 4.18. The lowest BCUT2D eigenvalue weighted by atomic mass is 9.92. The highest BCUT2D eigenvalue weighted by Crippen LogP contribution is 2.38. The lowest BCUT2D eigenvalue weighted by molar-refractivity contribution is 0.812. The SMILES string of the molecule is Cc1cccc(-c2cc3ccccc3n2-c2c(C(C)C)cccc2C(C)C)c1. The Morgan fingerprint density at radius 3 is 1.96 bits per heavy atom. The van der Waals surface area contributed by atoms with Crippen LogP contribution in [0.25, 0.3) is 27.8 Å². The Bertz CT molecular complexity index is 1100. The average molecular weight is 368 g/mol. The van der Waals surface area contributed by atoms with Crippen LogP contribution in [0.1, 0.15) is 56.2 Å². The van der Waals surface area contributed by atoms with Crippen molar-refractivity contribution in [2.45, 2.75) is 46.5 Å². The van der Waals surface area contributed by atoms with Crippen LogP contribution in [0.3, 0.4) is 0 Å². The first-order valence-electron chi connectivity index (χ1n) is 10.3. The fourth-order valence-electron chi connectivity index (χ4n) is 4.18. The lowest BCUT2D eigenvalue weighted by Crippen LogP contribution is -2.08. The van der Waals surface area contributed by atoms with Crippen molar-refractivity contribution < 1.29 is 0 Å². The zero-order chi connectivity index (χ0) is 19.8. The first-order valence-corrected chi connectivity index (χ1v) is 10.3. The largest absolute Gasteiger partial charge is 0.309 e. The number of fused-ring (bicyclic) bond motifs is 1. The molecule has 3 aromatic carbocycles. The molecule has 4 rings (SSSR count). The highest BCUT2D eigenvalue weighted by atomic mass is 15.0. The maximum atomic E-state index is 2.49. The van der Waals surface area contributed by atoms with Crippen LogP contribution in [0.4, 0.5) is 0 Å². The second-order valence-electron chi connectivity index (χ2n) is 8.39. The summed E-state index contributed by atoms with van der Waals surface area (Å²) in [5.41, 5.74) is 9.25. The Hall–Kier alpha value is -2.80. The maximum absolute atomic E-state index is 2.49. The molecule has 0 aliphatic rings. The van der Waals surface area contributed by atoms with Gasteiger partial charge in [-0.1, -0.05) is 87.9 Å². The summed E-state index contributed by atoms with van der Waals surface area (Å²) in [6.45, 7) is 11.3. The van der Waals surface area contributed by atoms with E-state index in [0.717, 1.165) is 0 Å². The standard InChI is InChI=1S/C27H29N/c1-18(2)23-13-9-14-24(19(3)4)27(23)28-25-15-7-6-11-22(25)17-26(28)21-12-8-10-20(5)16-21/h6-19H,1-5H3. The van der Waals surface area contributed by atoms with E-state index in [2.05, 4.69) is 112 Å². The summed E-state index contributed by atoms with van der Waals surface area (Å²) in [5, 5.41) is 1.28. The number of benzene rings is 3. The molecule has 1 heterocycles. The van der Waals surface area contributed by atoms with Gasteiger partial charge in [0.2, 0.25) is 0 Å². The van der Waals surface area contributed by atoms with Crippen molar-refractivity contribution in [3.63, 3.8) is 0 Å². The minimum atomic E-state index is 0.459. The number of rotatable bonds is 4. The predicted molar refractivity (Wildman–Crippen MR) is 122 cm³/mol. The van der Waals surface area contributed by atoms with Crippen molar-refractivity contribution in [2.24, 2.45) is 0 Å². The molecule has 1 heteroatoms. The van der Waals surface area contributed by atoms with Gasteiger partial charge in [0.05, 0.1) is 16.9 Å². The summed E-state index contributed by atoms with van der Waals surface area (Å²) < 4.78 is 2.49. The molecule has 1 aromatic heterocycles. The highest BCUT2D eigenvalue weighted by molar-refractivity contribution is 5.90. The Labute approximate surface area is 168 Å². The molecule has 0 aliphatic heterocycles. The molecule has 0 N–H and O–H groups in total. The van der Waals surface area contributed by atoms with Crippen LogP contribution in [-0.2, 0) is 0 Å². The van der Waals surface area contributed by atoms with Crippen molar-refractivity contribution in [1.29, 1.82) is 0 Å². The number of hydrogen-bond donors (Lipinski definition) is 0. The molecule has 142 valence electrons. The highest BCUT2D eigenvalue weighted by Gasteiger charge is 2.20. The molecule has 0 atom stereocenters. The monoisotopic (exact) mass is 367 g/mol. The number of nitrogens with zero attached hydrogens (tertiary/aromatic N) is 1. The molecule has 0 fully saturated rings. The van der Waals surface area contributed by atoms with Gasteiger partial charge in [-0.2, -0.15) is 0 Å². The second-order valence-corrected chi connectivity index (χ2v) is 8.39. The van der Waals surface area contributed by atoms with Gasteiger partial charge in [0.15, 0.2) is 0 Å². The fraction of sp³-hybridized carbons (Fsp3) is 0.259. The molecule has 0 aliphatic carbocycles. The van der Waals surface area contributed by atoms with E-state index in [1.165, 1.54) is 44.5 Å². The van der Waals surface area contributed by atoms with E-state index in [1.807, 2.05) is 0 Å². The van der Waals surface area contributed by atoms with Crippen LogP contribution in [0, 0.1) is 6.92 Å². The third-order valence-electron chi connectivity index (χ3n) is 5.59. The van der Waals surface area contributed by atoms with Gasteiger partial charge < -0.3 is 4.57 Å². The maximum Gasteiger partial charge on any atom is 0.0541 e. The van der Waals surface area contributed by atoms with E-state index >= 15 is 0 Å². The number of hydrogen-bond acceptors (Lipinski definition) is 0. The summed E-state index contributed by atoms with van der Waals surface area (Å²) >= 11 is 0. The van der Waals surface area contributed by atoms with Gasteiger partial charge in [0.1, 0.15) is 0 Å². The second kappa shape index (κ2) is 7.31. The Morgan fingerprint density at radius 1 is 0.679 bits per heavy atom. The lowest BCUT2D eigenvalue weighted by Gasteiger charge is -2.23. The summed E-state index contributed by atoms with van der Waals surface area (Å²) in [6.07, 6.45) is 0. The van der Waals surface area contributed by atoms with E-state index in [-0.39, 0.29) is 0 Å². The van der Waals surface area contributed by atoms with Crippen molar-refractivity contribution in [3.8, 4) is 16.9 Å². The molecule has 4 aromatic rings. The molecule has 0 bridgehead atoms. The Kier molecular flexibility index (Phi) is 4.85. The molecule has 0 saturated heterocycles. The number of aromatic nitrogens is 1. The van der Waals surface area contributed by atoms with Gasteiger partial charge in [-0.3, -0.25) is 0 Å². The molecular formula is C27H29N. The molecule has 0 amide bonds. The molecule has 0 spiro atoms. The minimum absolute atomic E-state index is 0.459. The van der Waals surface area contributed by atoms with Crippen molar-refractivity contribution in [3.05, 3.63) is 89.5 Å². The quantitative estimate of drug-likeness (QED) is 0.346. The van der Waals surface area contributed by atoms with Crippen LogP contribution >= 0.6 is 0 Å². The van der Waals surface area contributed by atoms with E-state index in [1.54, 1.807) is 0 Å². The van der Waals surface area contributed by atoms with Gasteiger partial charge in [-0.25, -0.2) is 0 Å². The van der Waals surface area contributed by atoms with E-state index in [0.29, 0.717) is 11.8 Å². The summed E-state index contributed by atoms with van der Waals surface area (Å²) in [6, 6.07) is 26.7. The molecule has 0 saturated carbocycles. The van der Waals surface area contributed by atoms with Gasteiger partial charge in [0.25, 0.3) is 0 Å². The zero-order valence-corrected chi connectivity index (χ0v) is 17.5. The predicted octanol–water partition coefficient (Wildman–Crippen LogP) is 7.85. The van der Waals surface area contributed by atoms with Crippen molar-refractivity contribution >= 4 is 10.9 Å². The Morgan fingerprint density at radius 2 is 1.32 bits per heavy atom. The first kappa shape index (κ1) is 18.6. The zero-order valence-electron chi connectivity index (χ0n) is 17.5. The molecule has 1 nitrogen and oxygen atoms in total. The number of aryl methyl sites for hydroxylation is 1. The topological polar surface area (TPSA) is 4.93 Å². The van der Waals surface area contributed by atoms with Gasteiger partial charge in [0, 0.05) is 5.39 Å². The molecule has 0 unspecified atom stereocenters. The van der Waals surface area contributed by atoms with E-state index in [9.17, 15) is 0 Å². The third kappa shape index (κ3) is 3.16. The molecule has 0 radical (unpaired) electrons. The van der Waals surface area contributed by atoms with Crippen LogP contribution in [0.5, 0.6) is 0 Å². The van der Waals surface area contributed by atoms with Crippen molar-refractivity contribution in [2.75, 3.05) is 0 Å². The van der Waals surface area contributed by atoms with Crippen LogP contribution in [0.2, 0.25) is 0 Å². The van der Waals surface area contributed by atoms with Crippen molar-refractivity contribution in [1.82, 2.24) is 4.57 Å². The number of para-hydroxylation sites is 2. The molecular weight excluding hydrogens is 338 g/mol. The van der Waals surface area contributed by atoms with Gasteiger partial charge >= 0.3 is 0 Å². The molecule has 28 heavy (non-hydrogen) atoms.